The van der Waals surface area contributed by atoms with E-state index < -0.39 is 17.2 Å². The quantitative estimate of drug-likeness (QED) is 0.782. The number of pyridine rings is 1. The smallest absolute Gasteiger partial charge is 0.254 e. The van der Waals surface area contributed by atoms with E-state index >= 15 is 0 Å². The number of nitrogens with zero attached hydrogens (tertiary/aromatic N) is 2. The molecule has 3 N–H and O–H groups in total. The lowest BCUT2D eigenvalue weighted by Crippen LogP contribution is -2.39. The molecule has 2 heterocycles. The number of hydrogen-bond donors (Lipinski definition) is 2. The van der Waals surface area contributed by atoms with Crippen molar-refractivity contribution in [3.05, 3.63) is 47.8 Å². The van der Waals surface area contributed by atoms with Gasteiger partial charge in [-0.2, -0.15) is 0 Å². The van der Waals surface area contributed by atoms with Gasteiger partial charge in [0.05, 0.1) is 11.3 Å². The zero-order valence-electron chi connectivity index (χ0n) is 17.6. The Bertz CT molecular complexity index is 969. The number of carbonyl (C=O) groups excluding carboxylic acids is 1. The number of benzene rings is 1. The third-order valence-corrected chi connectivity index (χ3v) is 6.38. The van der Waals surface area contributed by atoms with E-state index in [1.807, 2.05) is 11.8 Å². The van der Waals surface area contributed by atoms with Gasteiger partial charge in [-0.3, -0.25) is 9.78 Å². The van der Waals surface area contributed by atoms with Crippen LogP contribution in [0.2, 0.25) is 0 Å². The molecule has 0 radical (unpaired) electrons. The standard InChI is InChI=1S/C23H28F2N4O/c1-22(2)9-15(22)10-28-21(30)19-12-27-11-18(14-6-16(24)8-17(25)7-14)20(19)29-5-4-23(3,26)13-29/h6-8,11-12,15H,4-5,9-10,13,26H2,1-3H3,(H,28,30)/t15?,23-/m0/s1. The molecule has 1 amide bonds. The number of anilines is 1. The first kappa shape index (κ1) is 20.7. The second-order valence-electron chi connectivity index (χ2n) is 9.67. The van der Waals surface area contributed by atoms with Crippen molar-refractivity contribution >= 4 is 11.6 Å². The maximum Gasteiger partial charge on any atom is 0.254 e. The van der Waals surface area contributed by atoms with Crippen molar-refractivity contribution in [2.75, 3.05) is 24.5 Å². The molecule has 7 heteroatoms. The van der Waals surface area contributed by atoms with E-state index in [4.69, 9.17) is 5.73 Å². The van der Waals surface area contributed by atoms with Crippen LogP contribution in [-0.4, -0.2) is 36.1 Å². The minimum atomic E-state index is -0.674. The normalized spacial score (nSPS) is 24.7. The zero-order valence-corrected chi connectivity index (χ0v) is 17.6. The molecule has 2 fully saturated rings. The van der Waals surface area contributed by atoms with Crippen molar-refractivity contribution in [3.63, 3.8) is 0 Å². The fraction of sp³-hybridized carbons (Fsp3) is 0.478. The van der Waals surface area contributed by atoms with Gasteiger partial charge >= 0.3 is 0 Å². The van der Waals surface area contributed by atoms with Gasteiger partial charge in [-0.05, 0) is 48.8 Å². The van der Waals surface area contributed by atoms with Crippen molar-refractivity contribution in [2.24, 2.45) is 17.1 Å². The lowest BCUT2D eigenvalue weighted by molar-refractivity contribution is 0.0950. The highest BCUT2D eigenvalue weighted by Gasteiger charge is 2.45. The largest absolute Gasteiger partial charge is 0.368 e. The third-order valence-electron chi connectivity index (χ3n) is 6.38. The fourth-order valence-corrected chi connectivity index (χ4v) is 4.29. The Morgan fingerprint density at radius 2 is 1.90 bits per heavy atom. The van der Waals surface area contributed by atoms with E-state index in [2.05, 4.69) is 24.1 Å². The topological polar surface area (TPSA) is 71.2 Å². The number of carbonyl (C=O) groups is 1. The molecule has 1 aromatic heterocycles. The molecule has 2 aromatic rings. The van der Waals surface area contributed by atoms with Crippen LogP contribution in [0.15, 0.2) is 30.6 Å². The minimum Gasteiger partial charge on any atom is -0.368 e. The molecule has 0 spiro atoms. The summed E-state index contributed by atoms with van der Waals surface area (Å²) >= 11 is 0. The van der Waals surface area contributed by atoms with Crippen LogP contribution in [0, 0.1) is 23.0 Å². The first-order valence-electron chi connectivity index (χ1n) is 10.3. The van der Waals surface area contributed by atoms with E-state index in [9.17, 15) is 13.6 Å². The molecular weight excluding hydrogens is 386 g/mol. The lowest BCUT2D eigenvalue weighted by atomic mass is 10.0. The van der Waals surface area contributed by atoms with Crippen LogP contribution in [0.5, 0.6) is 0 Å². The summed E-state index contributed by atoms with van der Waals surface area (Å²) in [6.45, 7) is 8.11. The van der Waals surface area contributed by atoms with Crippen LogP contribution in [0.3, 0.4) is 0 Å². The van der Waals surface area contributed by atoms with Crippen molar-refractivity contribution in [3.8, 4) is 11.1 Å². The van der Waals surface area contributed by atoms with Crippen LogP contribution < -0.4 is 16.0 Å². The molecule has 1 unspecified atom stereocenters. The van der Waals surface area contributed by atoms with Gasteiger partial charge in [-0.1, -0.05) is 13.8 Å². The van der Waals surface area contributed by atoms with Crippen LogP contribution in [0.25, 0.3) is 11.1 Å². The van der Waals surface area contributed by atoms with Gasteiger partial charge in [-0.15, -0.1) is 0 Å². The van der Waals surface area contributed by atoms with Crippen molar-refractivity contribution < 1.29 is 13.6 Å². The molecule has 30 heavy (non-hydrogen) atoms. The molecule has 1 aromatic carbocycles. The Balaban J connectivity index is 1.73. The molecule has 160 valence electrons. The summed E-state index contributed by atoms with van der Waals surface area (Å²) in [6.07, 6.45) is 4.91. The Labute approximate surface area is 175 Å². The average Bonchev–Trinajstić information content (AvgIpc) is 3.11. The summed E-state index contributed by atoms with van der Waals surface area (Å²) in [4.78, 5) is 19.3. The van der Waals surface area contributed by atoms with Crippen LogP contribution in [0.1, 0.15) is 44.0 Å². The molecule has 5 nitrogen and oxygen atoms in total. The molecule has 4 rings (SSSR count). The van der Waals surface area contributed by atoms with Gasteiger partial charge in [0.25, 0.3) is 5.91 Å². The zero-order chi connectivity index (χ0) is 21.7. The Hall–Kier alpha value is -2.54. The fourth-order valence-electron chi connectivity index (χ4n) is 4.29. The maximum atomic E-state index is 13.9. The van der Waals surface area contributed by atoms with E-state index in [1.54, 1.807) is 6.20 Å². The van der Waals surface area contributed by atoms with E-state index in [0.29, 0.717) is 47.9 Å². The SMILES string of the molecule is CC1(C)CC1CNC(=O)c1cncc(-c2cc(F)cc(F)c2)c1N1CC[C@](C)(N)C1. The number of rotatable bonds is 5. The first-order valence-corrected chi connectivity index (χ1v) is 10.3. The summed E-state index contributed by atoms with van der Waals surface area (Å²) in [5, 5.41) is 3.02. The van der Waals surface area contributed by atoms with E-state index in [-0.39, 0.29) is 11.3 Å². The van der Waals surface area contributed by atoms with Gasteiger partial charge in [0, 0.05) is 49.2 Å². The molecule has 1 aliphatic heterocycles. The van der Waals surface area contributed by atoms with Gasteiger partial charge in [-0.25, -0.2) is 8.78 Å². The molecule has 1 saturated carbocycles. The summed E-state index contributed by atoms with van der Waals surface area (Å²) in [7, 11) is 0. The Morgan fingerprint density at radius 3 is 2.47 bits per heavy atom. The van der Waals surface area contributed by atoms with E-state index in [0.717, 1.165) is 18.9 Å². The van der Waals surface area contributed by atoms with Crippen molar-refractivity contribution in [2.45, 2.75) is 39.2 Å². The molecule has 2 aliphatic rings. The lowest BCUT2D eigenvalue weighted by Gasteiger charge is -2.26. The average molecular weight is 415 g/mol. The number of nitrogens with one attached hydrogen (secondary N) is 1. The minimum absolute atomic E-state index is 0.232. The Kier molecular flexibility index (Phi) is 5.04. The molecule has 0 bridgehead atoms. The van der Waals surface area contributed by atoms with Crippen molar-refractivity contribution in [1.29, 1.82) is 0 Å². The van der Waals surface area contributed by atoms with Gasteiger partial charge in [0.1, 0.15) is 11.6 Å². The summed E-state index contributed by atoms with van der Waals surface area (Å²) < 4.78 is 27.8. The monoisotopic (exact) mass is 414 g/mol. The van der Waals surface area contributed by atoms with Crippen molar-refractivity contribution in [1.82, 2.24) is 10.3 Å². The molecule has 1 aliphatic carbocycles. The first-order chi connectivity index (χ1) is 14.1. The van der Waals surface area contributed by atoms with Crippen LogP contribution in [-0.2, 0) is 0 Å². The summed E-state index contributed by atoms with van der Waals surface area (Å²) in [5.41, 5.74) is 8.06. The molecular formula is C23H28F2N4O. The third kappa shape index (κ3) is 4.17. The molecule has 2 atom stereocenters. The predicted octanol–water partition coefficient (Wildman–Crippen LogP) is 3.73. The van der Waals surface area contributed by atoms with Crippen LogP contribution >= 0.6 is 0 Å². The van der Waals surface area contributed by atoms with Crippen LogP contribution in [0.4, 0.5) is 14.5 Å². The number of halogens is 2. The van der Waals surface area contributed by atoms with Gasteiger partial charge in [0.15, 0.2) is 0 Å². The Morgan fingerprint density at radius 1 is 1.23 bits per heavy atom. The highest BCUT2D eigenvalue weighted by Crippen LogP contribution is 2.51. The number of hydrogen-bond acceptors (Lipinski definition) is 4. The number of nitrogens with two attached hydrogens (primary N) is 1. The molecule has 1 saturated heterocycles. The maximum absolute atomic E-state index is 13.9. The highest BCUT2D eigenvalue weighted by atomic mass is 19.1. The van der Waals surface area contributed by atoms with E-state index in [1.165, 1.54) is 18.3 Å². The second kappa shape index (κ2) is 7.30. The highest BCUT2D eigenvalue weighted by molar-refractivity contribution is 6.03. The predicted molar refractivity (Wildman–Crippen MR) is 113 cm³/mol. The number of aromatic nitrogens is 1. The van der Waals surface area contributed by atoms with Gasteiger partial charge in [0.2, 0.25) is 0 Å². The second-order valence-corrected chi connectivity index (χ2v) is 9.67. The summed E-state index contributed by atoms with van der Waals surface area (Å²) in [6, 6.07) is 3.35. The van der Waals surface area contributed by atoms with Gasteiger partial charge < -0.3 is 16.0 Å². The number of amides is 1. The summed E-state index contributed by atoms with van der Waals surface area (Å²) in [5.74, 6) is -1.12.